The third kappa shape index (κ3) is 1.40. The fourth-order valence-electron chi connectivity index (χ4n) is 2.41. The molecule has 0 N–H and O–H groups in total. The lowest BCUT2D eigenvalue weighted by Gasteiger charge is -1.99. The Bertz CT molecular complexity index is 1050. The van der Waals surface area contributed by atoms with Crippen LogP contribution >= 0.6 is 0 Å². The minimum atomic E-state index is -0.464. The number of rotatable bonds is 0. The molecule has 0 atom stereocenters. The molecule has 4 aromatic rings. The van der Waals surface area contributed by atoms with Gasteiger partial charge in [0.15, 0.2) is 5.52 Å². The highest BCUT2D eigenvalue weighted by Crippen LogP contribution is 2.20. The van der Waals surface area contributed by atoms with E-state index in [-0.39, 0.29) is 16.5 Å². The largest absolute Gasteiger partial charge is 0.436 e. The van der Waals surface area contributed by atoms with Gasteiger partial charge in [-0.2, -0.15) is 4.98 Å². The number of aromatic nitrogens is 2. The van der Waals surface area contributed by atoms with Crippen molar-refractivity contribution in [2.24, 2.45) is 0 Å². The monoisotopic (exact) mass is 268 g/mol. The maximum Gasteiger partial charge on any atom is 0.250 e. The summed E-state index contributed by atoms with van der Waals surface area (Å²) in [4.78, 5) is 16.8. The minimum Gasteiger partial charge on any atom is -0.436 e. The van der Waals surface area contributed by atoms with Crippen molar-refractivity contribution >= 4 is 27.8 Å². The van der Waals surface area contributed by atoms with Gasteiger partial charge in [-0.3, -0.25) is 9.20 Å². The van der Waals surface area contributed by atoms with E-state index in [9.17, 15) is 9.18 Å². The minimum absolute atomic E-state index is 0.223. The highest BCUT2D eigenvalue weighted by Gasteiger charge is 2.14. The van der Waals surface area contributed by atoms with E-state index in [0.29, 0.717) is 16.7 Å². The lowest BCUT2D eigenvalue weighted by Crippen LogP contribution is -2.04. The maximum absolute atomic E-state index is 13.3. The Morgan fingerprint density at radius 3 is 2.95 bits per heavy atom. The molecule has 0 aliphatic heterocycles. The molecule has 0 saturated carbocycles. The molecule has 0 unspecified atom stereocenters. The number of halogens is 1. The molecule has 0 aliphatic carbocycles. The molecule has 5 heteroatoms. The quantitative estimate of drug-likeness (QED) is 0.492. The third-order valence-corrected chi connectivity index (χ3v) is 3.34. The maximum atomic E-state index is 13.3. The number of pyridine rings is 1. The second-order valence-electron chi connectivity index (χ2n) is 4.77. The van der Waals surface area contributed by atoms with E-state index < -0.39 is 5.82 Å². The van der Waals surface area contributed by atoms with Crippen molar-refractivity contribution in [3.05, 3.63) is 58.1 Å². The van der Waals surface area contributed by atoms with E-state index in [4.69, 9.17) is 4.42 Å². The molecule has 4 nitrogen and oxygen atoms in total. The smallest absolute Gasteiger partial charge is 0.250 e. The summed E-state index contributed by atoms with van der Waals surface area (Å²) in [7, 11) is 0. The molecule has 0 spiro atoms. The van der Waals surface area contributed by atoms with E-state index in [1.807, 2.05) is 25.3 Å². The summed E-state index contributed by atoms with van der Waals surface area (Å²) in [5.41, 5.74) is 2.28. The van der Waals surface area contributed by atoms with Crippen LogP contribution in [0.15, 0.2) is 45.7 Å². The molecule has 3 heterocycles. The molecule has 20 heavy (non-hydrogen) atoms. The van der Waals surface area contributed by atoms with Crippen LogP contribution in [0, 0.1) is 12.7 Å². The van der Waals surface area contributed by atoms with E-state index in [1.54, 1.807) is 4.40 Å². The highest BCUT2D eigenvalue weighted by atomic mass is 19.1. The second-order valence-corrected chi connectivity index (χ2v) is 4.77. The third-order valence-electron chi connectivity index (χ3n) is 3.34. The van der Waals surface area contributed by atoms with Gasteiger partial charge in [-0.25, -0.2) is 4.39 Å². The van der Waals surface area contributed by atoms with Gasteiger partial charge in [0.1, 0.15) is 17.0 Å². The first-order chi connectivity index (χ1) is 9.63. The summed E-state index contributed by atoms with van der Waals surface area (Å²) < 4.78 is 20.6. The van der Waals surface area contributed by atoms with E-state index >= 15 is 0 Å². The van der Waals surface area contributed by atoms with Crippen LogP contribution in [0.2, 0.25) is 0 Å². The van der Waals surface area contributed by atoms with Gasteiger partial charge in [-0.05, 0) is 36.8 Å². The molecule has 0 bridgehead atoms. The Kier molecular flexibility index (Phi) is 2.04. The highest BCUT2D eigenvalue weighted by molar-refractivity contribution is 5.88. The Labute approximate surface area is 112 Å². The predicted octanol–water partition coefficient (Wildman–Crippen LogP) is 3.04. The summed E-state index contributed by atoms with van der Waals surface area (Å²) in [5, 5.41) is 0.223. The molecule has 0 amide bonds. The van der Waals surface area contributed by atoms with Gasteiger partial charge in [0.25, 0.3) is 0 Å². The molecule has 0 aliphatic rings. The zero-order valence-corrected chi connectivity index (χ0v) is 10.6. The van der Waals surface area contributed by atoms with Gasteiger partial charge in [-0.1, -0.05) is 6.07 Å². The first-order valence-corrected chi connectivity index (χ1v) is 6.14. The van der Waals surface area contributed by atoms with Crippen molar-refractivity contribution in [2.75, 3.05) is 0 Å². The number of imidazole rings is 1. The summed E-state index contributed by atoms with van der Waals surface area (Å²) in [6.45, 7) is 1.92. The topological polar surface area (TPSA) is 47.5 Å². The Morgan fingerprint density at radius 1 is 1.25 bits per heavy atom. The second kappa shape index (κ2) is 3.66. The van der Waals surface area contributed by atoms with E-state index in [1.165, 1.54) is 18.2 Å². The van der Waals surface area contributed by atoms with Crippen LogP contribution in [0.3, 0.4) is 0 Å². The van der Waals surface area contributed by atoms with Crippen LogP contribution in [0.5, 0.6) is 0 Å². The number of aryl methyl sites for hydroxylation is 1. The molecule has 4 rings (SSSR count). The van der Waals surface area contributed by atoms with Crippen LogP contribution in [0.4, 0.5) is 4.39 Å². The predicted molar refractivity (Wildman–Crippen MR) is 73.4 cm³/mol. The van der Waals surface area contributed by atoms with Gasteiger partial charge in [0, 0.05) is 6.20 Å². The number of benzene rings is 1. The molecule has 0 fully saturated rings. The van der Waals surface area contributed by atoms with Gasteiger partial charge < -0.3 is 4.42 Å². The van der Waals surface area contributed by atoms with Crippen molar-refractivity contribution in [3.8, 4) is 0 Å². The van der Waals surface area contributed by atoms with Gasteiger partial charge in [-0.15, -0.1) is 0 Å². The number of nitrogens with zero attached hydrogens (tertiary/aromatic N) is 2. The molecule has 0 radical (unpaired) electrons. The van der Waals surface area contributed by atoms with Crippen molar-refractivity contribution < 1.29 is 8.81 Å². The van der Waals surface area contributed by atoms with Crippen LogP contribution in [0.1, 0.15) is 5.56 Å². The lowest BCUT2D eigenvalue weighted by atomic mass is 10.2. The summed E-state index contributed by atoms with van der Waals surface area (Å²) in [5.74, 6) is -0.464. The summed E-state index contributed by atoms with van der Waals surface area (Å²) in [6.07, 6.45) is 1.81. The molecule has 1 aromatic carbocycles. The van der Waals surface area contributed by atoms with Crippen LogP contribution in [-0.4, -0.2) is 9.38 Å². The normalized spacial score (nSPS) is 11.7. The average Bonchev–Trinajstić information content (AvgIpc) is 2.77. The Morgan fingerprint density at radius 2 is 2.10 bits per heavy atom. The number of hydrogen-bond donors (Lipinski definition) is 0. The summed E-state index contributed by atoms with van der Waals surface area (Å²) in [6, 6.07) is 7.62. The van der Waals surface area contributed by atoms with Crippen molar-refractivity contribution in [3.63, 3.8) is 0 Å². The zero-order valence-electron chi connectivity index (χ0n) is 10.6. The van der Waals surface area contributed by atoms with Crippen LogP contribution < -0.4 is 5.43 Å². The first-order valence-electron chi connectivity index (χ1n) is 6.14. The van der Waals surface area contributed by atoms with E-state index in [0.717, 1.165) is 5.56 Å². The molecular weight excluding hydrogens is 259 g/mol. The van der Waals surface area contributed by atoms with Crippen molar-refractivity contribution in [1.82, 2.24) is 9.38 Å². The SMILES string of the molecule is Cc1ccc2nc3oc4ccc(F)cc4c(=O)c3n2c1. The molecule has 3 aromatic heterocycles. The van der Waals surface area contributed by atoms with Crippen molar-refractivity contribution in [2.45, 2.75) is 6.92 Å². The Balaban J connectivity index is 2.32. The van der Waals surface area contributed by atoms with Crippen molar-refractivity contribution in [1.29, 1.82) is 0 Å². The van der Waals surface area contributed by atoms with Gasteiger partial charge >= 0.3 is 0 Å². The fourth-order valence-corrected chi connectivity index (χ4v) is 2.41. The number of hydrogen-bond acceptors (Lipinski definition) is 3. The average molecular weight is 268 g/mol. The zero-order chi connectivity index (χ0) is 13.9. The van der Waals surface area contributed by atoms with Crippen LogP contribution in [0.25, 0.3) is 27.8 Å². The van der Waals surface area contributed by atoms with Crippen LogP contribution in [-0.2, 0) is 0 Å². The van der Waals surface area contributed by atoms with Gasteiger partial charge in [0.2, 0.25) is 11.1 Å². The number of fused-ring (bicyclic) bond motifs is 4. The Hall–Kier alpha value is -2.69. The van der Waals surface area contributed by atoms with E-state index in [2.05, 4.69) is 4.98 Å². The summed E-state index contributed by atoms with van der Waals surface area (Å²) >= 11 is 0. The standard InChI is InChI=1S/C15H9FN2O2/c1-8-2-5-12-17-15-13(18(12)7-8)14(19)10-6-9(16)3-4-11(10)20-15/h2-7H,1H3. The molecular formula is C15H9FN2O2. The van der Waals surface area contributed by atoms with Gasteiger partial charge in [0.05, 0.1) is 5.39 Å². The fraction of sp³-hybridized carbons (Fsp3) is 0.0667. The molecule has 98 valence electrons. The molecule has 0 saturated heterocycles. The first kappa shape index (κ1) is 11.2. The lowest BCUT2D eigenvalue weighted by molar-refractivity contribution is 0.621.